The number of hydrogen-bond acceptors (Lipinski definition) is 8. The second-order valence-electron chi connectivity index (χ2n) is 14.4. The Kier molecular flexibility index (Phi) is 8.36. The zero-order chi connectivity index (χ0) is 33.2. The third kappa shape index (κ3) is 4.66. The summed E-state index contributed by atoms with van der Waals surface area (Å²) < 4.78 is 19.4. The molecule has 6 rings (SSSR count). The van der Waals surface area contributed by atoms with Gasteiger partial charge in [-0.2, -0.15) is 5.10 Å². The largest absolute Gasteiger partial charge is 0.464 e. The Bertz CT molecular complexity index is 1580. The monoisotopic (exact) mass is 654 g/mol. The van der Waals surface area contributed by atoms with Gasteiger partial charge >= 0.3 is 11.9 Å². The number of aryl methyl sites for hydroxylation is 1. The van der Waals surface area contributed by atoms with Crippen LogP contribution in [0.15, 0.2) is 28.3 Å². The van der Waals surface area contributed by atoms with E-state index in [1.54, 1.807) is 13.8 Å². The van der Waals surface area contributed by atoms with Crippen molar-refractivity contribution in [2.24, 2.45) is 28.6 Å². The minimum Gasteiger partial charge on any atom is -0.464 e. The van der Waals surface area contributed by atoms with E-state index < -0.39 is 51.7 Å². The molecular formula is C36H47ClN2O7. The van der Waals surface area contributed by atoms with E-state index in [1.807, 2.05) is 30.7 Å². The van der Waals surface area contributed by atoms with Gasteiger partial charge in [-0.1, -0.05) is 47.1 Å². The average Bonchev–Trinajstić information content (AvgIpc) is 3.70. The van der Waals surface area contributed by atoms with Crippen molar-refractivity contribution in [3.8, 4) is 0 Å². The summed E-state index contributed by atoms with van der Waals surface area (Å²) in [7, 11) is 0. The third-order valence-corrected chi connectivity index (χ3v) is 13.1. The molecule has 0 bridgehead atoms. The van der Waals surface area contributed by atoms with Crippen LogP contribution in [0.2, 0.25) is 0 Å². The van der Waals surface area contributed by atoms with Crippen LogP contribution in [0, 0.1) is 28.6 Å². The number of rotatable bonds is 9. The van der Waals surface area contributed by atoms with Crippen molar-refractivity contribution in [1.29, 1.82) is 0 Å². The molecule has 0 unspecified atom stereocenters. The number of nitrogens with zero attached hydrogens (tertiary/aromatic N) is 2. The Labute approximate surface area is 276 Å². The van der Waals surface area contributed by atoms with Gasteiger partial charge in [0.2, 0.25) is 5.78 Å². The molecule has 0 aliphatic heterocycles. The highest BCUT2D eigenvalue weighted by Crippen LogP contribution is 2.72. The number of furan rings is 1. The summed E-state index contributed by atoms with van der Waals surface area (Å²) >= 11 is 7.87. The zero-order valence-electron chi connectivity index (χ0n) is 27.9. The van der Waals surface area contributed by atoms with Crippen molar-refractivity contribution in [1.82, 2.24) is 9.78 Å². The predicted molar refractivity (Wildman–Crippen MR) is 172 cm³/mol. The number of halogens is 1. The molecule has 10 heteroatoms. The maximum Gasteiger partial charge on any atom is 0.306 e. The smallest absolute Gasteiger partial charge is 0.306 e. The van der Waals surface area contributed by atoms with Gasteiger partial charge in [0.25, 0.3) is 0 Å². The molecule has 0 amide bonds. The molecule has 0 aromatic carbocycles. The second kappa shape index (κ2) is 11.7. The van der Waals surface area contributed by atoms with Gasteiger partial charge < -0.3 is 19.0 Å². The van der Waals surface area contributed by atoms with Gasteiger partial charge in [0.1, 0.15) is 11.5 Å². The Morgan fingerprint density at radius 2 is 1.83 bits per heavy atom. The molecule has 1 N–H and O–H groups in total. The van der Waals surface area contributed by atoms with Gasteiger partial charge in [-0.3, -0.25) is 19.1 Å². The number of aromatic nitrogens is 2. The Morgan fingerprint density at radius 1 is 1.11 bits per heavy atom. The van der Waals surface area contributed by atoms with Crippen molar-refractivity contribution in [3.05, 3.63) is 46.7 Å². The van der Waals surface area contributed by atoms with Crippen molar-refractivity contribution in [2.45, 2.75) is 116 Å². The number of ether oxygens (including phenoxy) is 2. The molecule has 0 saturated heterocycles. The molecule has 0 radical (unpaired) electrons. The highest BCUT2D eigenvalue weighted by Gasteiger charge is 2.76. The fourth-order valence-electron chi connectivity index (χ4n) is 9.84. The number of esters is 2. The third-order valence-electron chi connectivity index (χ3n) is 12.1. The van der Waals surface area contributed by atoms with E-state index in [2.05, 4.69) is 26.1 Å². The van der Waals surface area contributed by atoms with Crippen LogP contribution in [0.4, 0.5) is 0 Å². The molecule has 2 aromatic rings. The molecule has 2 heterocycles. The number of Topliss-reactive ketones (excluding diaryl/α,β-unsaturated/α-hetero) is 1. The molecule has 250 valence electrons. The first kappa shape index (κ1) is 33.0. The maximum atomic E-state index is 14.1. The standard InChI is InChI=1S/C36H47ClN2O7/c1-7-24-11-12-25(45-24)19-39-18-22-16-33(5)23(15-28(22)38-39)10-13-26-27-14-21(4)36(46-32(43)9-3,30(41)20-44-31(42)8-2)34(27,6)17-29(40)35(26,33)37/h11-12,15,18,21,26-27,29,40H,7-10,13-14,16-17,19-20H2,1-6H3/t21-,26-,27-,29-,33-,34-,35-,36-/m0/s1. The molecule has 2 aromatic heterocycles. The van der Waals surface area contributed by atoms with Gasteiger partial charge in [0, 0.05) is 42.2 Å². The van der Waals surface area contributed by atoms with Crippen molar-refractivity contribution in [3.63, 3.8) is 0 Å². The number of aliphatic hydroxyl groups is 1. The number of allylic oxidation sites excluding steroid dienone is 1. The summed E-state index contributed by atoms with van der Waals surface area (Å²) in [4.78, 5) is 38.1. The average molecular weight is 655 g/mol. The summed E-state index contributed by atoms with van der Waals surface area (Å²) in [5.74, 6) is -0.212. The molecule has 0 spiro atoms. The van der Waals surface area contributed by atoms with E-state index in [1.165, 1.54) is 5.57 Å². The van der Waals surface area contributed by atoms with Crippen LogP contribution in [-0.4, -0.2) is 55.8 Å². The molecule has 8 atom stereocenters. The van der Waals surface area contributed by atoms with E-state index in [9.17, 15) is 19.5 Å². The van der Waals surface area contributed by atoms with Crippen LogP contribution in [0.25, 0.3) is 6.08 Å². The topological polar surface area (TPSA) is 121 Å². The van der Waals surface area contributed by atoms with Crippen molar-refractivity contribution < 1.29 is 33.4 Å². The lowest BCUT2D eigenvalue weighted by Crippen LogP contribution is -2.70. The molecule has 4 aliphatic rings. The molecule has 3 saturated carbocycles. The molecule has 9 nitrogen and oxygen atoms in total. The van der Waals surface area contributed by atoms with Crippen LogP contribution in [-0.2, 0) is 43.2 Å². The van der Waals surface area contributed by atoms with Gasteiger partial charge in [0.05, 0.1) is 23.2 Å². The van der Waals surface area contributed by atoms with E-state index in [0.29, 0.717) is 19.4 Å². The van der Waals surface area contributed by atoms with Crippen LogP contribution in [0.1, 0.15) is 103 Å². The number of ketones is 1. The zero-order valence-corrected chi connectivity index (χ0v) is 28.6. The van der Waals surface area contributed by atoms with Gasteiger partial charge in [0.15, 0.2) is 12.2 Å². The summed E-state index contributed by atoms with van der Waals surface area (Å²) in [6.45, 7) is 11.6. The Balaban J connectivity index is 1.34. The minimum absolute atomic E-state index is 0.102. The molecule has 4 aliphatic carbocycles. The van der Waals surface area contributed by atoms with Crippen LogP contribution < -0.4 is 0 Å². The fraction of sp³-hybridized carbons (Fsp3) is 0.667. The van der Waals surface area contributed by atoms with Crippen LogP contribution >= 0.6 is 11.6 Å². The van der Waals surface area contributed by atoms with Gasteiger partial charge in [-0.25, -0.2) is 0 Å². The quantitative estimate of drug-likeness (QED) is 0.256. The van der Waals surface area contributed by atoms with E-state index >= 15 is 0 Å². The first-order valence-corrected chi connectivity index (χ1v) is 17.3. The second-order valence-corrected chi connectivity index (χ2v) is 15.1. The minimum atomic E-state index is -1.54. The highest BCUT2D eigenvalue weighted by atomic mass is 35.5. The van der Waals surface area contributed by atoms with Crippen LogP contribution in [0.3, 0.4) is 0 Å². The first-order valence-electron chi connectivity index (χ1n) is 16.9. The Hall–Kier alpha value is -2.91. The predicted octanol–water partition coefficient (Wildman–Crippen LogP) is 6.06. The number of alkyl halides is 1. The number of aliphatic hydroxyl groups excluding tert-OH is 1. The van der Waals surface area contributed by atoms with E-state index in [0.717, 1.165) is 42.0 Å². The van der Waals surface area contributed by atoms with Gasteiger partial charge in [-0.15, -0.1) is 11.6 Å². The van der Waals surface area contributed by atoms with Crippen molar-refractivity contribution in [2.75, 3.05) is 6.61 Å². The lowest BCUT2D eigenvalue weighted by atomic mass is 9.44. The summed E-state index contributed by atoms with van der Waals surface area (Å²) in [5.41, 5.74) is 0.179. The van der Waals surface area contributed by atoms with Crippen molar-refractivity contribution >= 4 is 35.4 Å². The van der Waals surface area contributed by atoms with Crippen LogP contribution in [0.5, 0.6) is 0 Å². The first-order chi connectivity index (χ1) is 21.8. The normalized spacial score (nSPS) is 36.1. The van der Waals surface area contributed by atoms with E-state index in [4.69, 9.17) is 30.6 Å². The maximum absolute atomic E-state index is 14.1. The molecular weight excluding hydrogens is 608 g/mol. The summed E-state index contributed by atoms with van der Waals surface area (Å²) in [6.07, 6.45) is 7.24. The Morgan fingerprint density at radius 3 is 2.50 bits per heavy atom. The summed E-state index contributed by atoms with van der Waals surface area (Å²) in [6, 6.07) is 3.99. The lowest BCUT2D eigenvalue weighted by Gasteiger charge is -2.64. The number of hydrogen-bond donors (Lipinski definition) is 1. The molecule has 3 fully saturated rings. The van der Waals surface area contributed by atoms with Gasteiger partial charge in [-0.05, 0) is 67.7 Å². The highest BCUT2D eigenvalue weighted by molar-refractivity contribution is 6.26. The molecule has 46 heavy (non-hydrogen) atoms. The fourth-order valence-corrected chi connectivity index (χ4v) is 10.4. The lowest BCUT2D eigenvalue weighted by molar-refractivity contribution is -0.204. The summed E-state index contributed by atoms with van der Waals surface area (Å²) in [5, 5.41) is 17.2. The number of fused-ring (bicyclic) bond motifs is 6. The van der Waals surface area contributed by atoms with E-state index in [-0.39, 0.29) is 37.0 Å². The number of carbonyl (C=O) groups is 3. The SMILES string of the molecule is CCC(=O)OCC(=O)[C@@]1(OC(=O)CC)[C@@H](C)C[C@H]2[C@@H]3CCC4=Cc5nn(Cc6ccc(CC)o6)cc5C[C@]4(C)[C@@]3(Cl)[C@@H](O)C[C@@]21C. The number of carbonyl (C=O) groups excluding carboxylic acids is 3.